The molecule has 1 aromatic rings. The van der Waals surface area contributed by atoms with Gasteiger partial charge >= 0.3 is 0 Å². The molecule has 0 heterocycles. The van der Waals surface area contributed by atoms with Gasteiger partial charge in [0.15, 0.2) is 0 Å². The lowest BCUT2D eigenvalue weighted by atomic mass is 10.1. The maximum absolute atomic E-state index is 10.6. The highest BCUT2D eigenvalue weighted by Gasteiger charge is 1.94. The molecule has 0 fully saturated rings. The van der Waals surface area contributed by atoms with Gasteiger partial charge in [-0.05, 0) is 17.7 Å². The van der Waals surface area contributed by atoms with Crippen LogP contribution in [-0.4, -0.2) is 5.91 Å². The van der Waals surface area contributed by atoms with Crippen LogP contribution >= 0.6 is 0 Å². The first-order valence-corrected chi connectivity index (χ1v) is 4.96. The minimum absolute atomic E-state index is 0.0515. The van der Waals surface area contributed by atoms with Gasteiger partial charge in [-0.2, -0.15) is 5.26 Å². The second-order valence-corrected chi connectivity index (χ2v) is 2.72. The summed E-state index contributed by atoms with van der Waals surface area (Å²) in [4.78, 5) is 10.6. The maximum atomic E-state index is 10.6. The molecule has 1 N–H and O–H groups in total. The molecule has 0 aliphatic rings. The van der Waals surface area contributed by atoms with E-state index >= 15 is 0 Å². The van der Waals surface area contributed by atoms with Crippen LogP contribution < -0.4 is 5.32 Å². The van der Waals surface area contributed by atoms with Crippen molar-refractivity contribution in [2.75, 3.05) is 0 Å². The molecule has 0 aromatic heterocycles. The van der Waals surface area contributed by atoms with E-state index in [0.717, 1.165) is 5.56 Å². The first-order valence-electron chi connectivity index (χ1n) is 4.96. The van der Waals surface area contributed by atoms with Gasteiger partial charge in [0.2, 0.25) is 5.91 Å². The van der Waals surface area contributed by atoms with E-state index in [1.54, 1.807) is 12.1 Å². The van der Waals surface area contributed by atoms with Crippen LogP contribution in [0.4, 0.5) is 0 Å². The Hall–Kier alpha value is -1.82. The zero-order valence-corrected chi connectivity index (χ0v) is 9.37. The molecular weight excluding hydrogens is 188 g/mol. The largest absolute Gasteiger partial charge is 0.352 e. The zero-order valence-electron chi connectivity index (χ0n) is 9.37. The molecule has 0 saturated heterocycles. The molecular formula is C12H16N2O. The first-order chi connectivity index (χ1) is 7.22. The topological polar surface area (TPSA) is 52.9 Å². The van der Waals surface area contributed by atoms with E-state index in [1.165, 1.54) is 6.92 Å². The van der Waals surface area contributed by atoms with Crippen LogP contribution in [0.2, 0.25) is 0 Å². The number of nitriles is 1. The van der Waals surface area contributed by atoms with Gasteiger partial charge in [0, 0.05) is 13.5 Å². The molecule has 1 amide bonds. The lowest BCUT2D eigenvalue weighted by Crippen LogP contribution is -2.18. The van der Waals surface area contributed by atoms with Crippen molar-refractivity contribution in [3.63, 3.8) is 0 Å². The van der Waals surface area contributed by atoms with Gasteiger partial charge in [-0.25, -0.2) is 0 Å². The third-order valence-corrected chi connectivity index (χ3v) is 1.62. The summed E-state index contributed by atoms with van der Waals surface area (Å²) in [6, 6.07) is 9.15. The van der Waals surface area contributed by atoms with E-state index in [2.05, 4.69) is 5.32 Å². The number of carbonyl (C=O) groups is 1. The highest BCUT2D eigenvalue weighted by molar-refractivity contribution is 5.72. The number of hydrogen-bond donors (Lipinski definition) is 1. The van der Waals surface area contributed by atoms with Gasteiger partial charge in [0.05, 0.1) is 11.6 Å². The Labute approximate surface area is 90.7 Å². The first kappa shape index (κ1) is 13.2. The fraction of sp³-hybridized carbons (Fsp3) is 0.333. The Morgan fingerprint density at radius 2 is 1.87 bits per heavy atom. The normalized spacial score (nSPS) is 8.13. The van der Waals surface area contributed by atoms with Crippen molar-refractivity contribution < 1.29 is 4.79 Å². The molecule has 80 valence electrons. The summed E-state index contributed by atoms with van der Waals surface area (Å²) in [6.45, 7) is 5.99. The molecule has 0 atom stereocenters. The molecule has 0 aliphatic carbocycles. The highest BCUT2D eigenvalue weighted by Crippen LogP contribution is 2.02. The van der Waals surface area contributed by atoms with Crippen LogP contribution in [0.15, 0.2) is 24.3 Å². The Morgan fingerprint density at radius 3 is 2.27 bits per heavy atom. The van der Waals surface area contributed by atoms with Gasteiger partial charge in [0.25, 0.3) is 0 Å². The Bertz CT molecular complexity index is 336. The molecule has 3 nitrogen and oxygen atoms in total. The van der Waals surface area contributed by atoms with Crippen LogP contribution in [0, 0.1) is 11.3 Å². The number of nitrogens with one attached hydrogen (secondary N) is 1. The van der Waals surface area contributed by atoms with Crippen LogP contribution in [0.25, 0.3) is 0 Å². The fourth-order valence-electron chi connectivity index (χ4n) is 0.924. The molecule has 0 radical (unpaired) electrons. The Kier molecular flexibility index (Phi) is 6.65. The molecule has 1 rings (SSSR count). The minimum Gasteiger partial charge on any atom is -0.352 e. The van der Waals surface area contributed by atoms with Crippen molar-refractivity contribution in [2.45, 2.75) is 27.3 Å². The number of amides is 1. The molecule has 0 unspecified atom stereocenters. The number of carbonyl (C=O) groups excluding carboxylic acids is 1. The van der Waals surface area contributed by atoms with Gasteiger partial charge in [-0.3, -0.25) is 4.79 Å². The summed E-state index contributed by atoms with van der Waals surface area (Å²) in [5.74, 6) is -0.0515. The van der Waals surface area contributed by atoms with Crippen molar-refractivity contribution in [2.24, 2.45) is 0 Å². The van der Waals surface area contributed by atoms with E-state index < -0.39 is 0 Å². The number of rotatable bonds is 2. The van der Waals surface area contributed by atoms with Gasteiger partial charge in [-0.1, -0.05) is 26.0 Å². The predicted molar refractivity (Wildman–Crippen MR) is 60.0 cm³/mol. The number of benzene rings is 1. The van der Waals surface area contributed by atoms with Crippen LogP contribution in [-0.2, 0) is 11.3 Å². The summed E-state index contributed by atoms with van der Waals surface area (Å²) in [5, 5.41) is 11.2. The smallest absolute Gasteiger partial charge is 0.217 e. The molecule has 3 heteroatoms. The lowest BCUT2D eigenvalue weighted by Gasteiger charge is -2.01. The predicted octanol–water partition coefficient (Wildman–Crippen LogP) is 2.22. The third kappa shape index (κ3) is 5.48. The molecule has 15 heavy (non-hydrogen) atoms. The van der Waals surface area contributed by atoms with Crippen molar-refractivity contribution in [3.8, 4) is 6.07 Å². The number of hydrogen-bond acceptors (Lipinski definition) is 2. The second-order valence-electron chi connectivity index (χ2n) is 2.72. The van der Waals surface area contributed by atoms with Crippen molar-refractivity contribution in [3.05, 3.63) is 35.4 Å². The van der Waals surface area contributed by atoms with E-state index in [4.69, 9.17) is 5.26 Å². The summed E-state index contributed by atoms with van der Waals surface area (Å²) >= 11 is 0. The van der Waals surface area contributed by atoms with E-state index in [1.807, 2.05) is 32.0 Å². The zero-order chi connectivity index (χ0) is 11.7. The van der Waals surface area contributed by atoms with Crippen LogP contribution in [0.1, 0.15) is 31.9 Å². The minimum atomic E-state index is -0.0515. The molecule has 1 aromatic carbocycles. The van der Waals surface area contributed by atoms with E-state index in [0.29, 0.717) is 12.1 Å². The monoisotopic (exact) mass is 204 g/mol. The standard InChI is InChI=1S/C10H10N2O.C2H6/c1-8(13)12-7-10-4-2-9(6-11)3-5-10;1-2/h2-5H,7H2,1H3,(H,12,13);1-2H3. The lowest BCUT2D eigenvalue weighted by molar-refractivity contribution is -0.119. The maximum Gasteiger partial charge on any atom is 0.217 e. The SMILES string of the molecule is CC.CC(=O)NCc1ccc(C#N)cc1. The molecule has 0 aliphatic heterocycles. The van der Waals surface area contributed by atoms with Crippen molar-refractivity contribution in [1.29, 1.82) is 5.26 Å². The summed E-state index contributed by atoms with van der Waals surface area (Å²) in [6.07, 6.45) is 0. The third-order valence-electron chi connectivity index (χ3n) is 1.62. The van der Waals surface area contributed by atoms with Crippen molar-refractivity contribution >= 4 is 5.91 Å². The van der Waals surface area contributed by atoms with Crippen molar-refractivity contribution in [1.82, 2.24) is 5.32 Å². The van der Waals surface area contributed by atoms with Crippen LogP contribution in [0.5, 0.6) is 0 Å². The summed E-state index contributed by atoms with van der Waals surface area (Å²) in [5.41, 5.74) is 1.63. The molecule has 0 saturated carbocycles. The summed E-state index contributed by atoms with van der Waals surface area (Å²) in [7, 11) is 0. The fourth-order valence-corrected chi connectivity index (χ4v) is 0.924. The van der Waals surface area contributed by atoms with Gasteiger partial charge in [-0.15, -0.1) is 0 Å². The average molecular weight is 204 g/mol. The Morgan fingerprint density at radius 1 is 1.33 bits per heavy atom. The van der Waals surface area contributed by atoms with Gasteiger partial charge in [0.1, 0.15) is 0 Å². The highest BCUT2D eigenvalue weighted by atomic mass is 16.1. The average Bonchev–Trinajstić information content (AvgIpc) is 2.30. The number of nitrogens with zero attached hydrogens (tertiary/aromatic N) is 1. The van der Waals surface area contributed by atoms with Crippen LogP contribution in [0.3, 0.4) is 0 Å². The quantitative estimate of drug-likeness (QED) is 0.803. The van der Waals surface area contributed by atoms with Gasteiger partial charge < -0.3 is 5.32 Å². The molecule has 0 bridgehead atoms. The summed E-state index contributed by atoms with van der Waals surface area (Å²) < 4.78 is 0. The van der Waals surface area contributed by atoms with E-state index in [-0.39, 0.29) is 5.91 Å². The molecule has 0 spiro atoms. The second kappa shape index (κ2) is 7.57. The van der Waals surface area contributed by atoms with E-state index in [9.17, 15) is 4.79 Å². The Balaban J connectivity index is 0.000000921.